The average molecular weight is 662 g/mol. The zero-order valence-corrected chi connectivity index (χ0v) is 27.6. The fourth-order valence-corrected chi connectivity index (χ4v) is 4.91. The molecule has 45 heavy (non-hydrogen) atoms. The number of carbonyl (C=O) groups is 3. The molecule has 0 amide bonds. The van der Waals surface area contributed by atoms with Crippen LogP contribution < -0.4 is 34.9 Å². The summed E-state index contributed by atoms with van der Waals surface area (Å²) in [5.74, 6) is 0.191. The first kappa shape index (κ1) is 37.3. The number of imidazole rings is 1. The molecule has 2 aliphatic rings. The molecule has 0 atom stereocenters. The highest BCUT2D eigenvalue weighted by molar-refractivity contribution is 6.65. The van der Waals surface area contributed by atoms with Gasteiger partial charge >= 0.3 is 11.9 Å². The quantitative estimate of drug-likeness (QED) is 0.122. The molecular formula is C32H42Cl2N6O5. The van der Waals surface area contributed by atoms with E-state index < -0.39 is 5.54 Å². The molecule has 3 aromatic rings. The number of methoxy groups -OCH3 is 2. The van der Waals surface area contributed by atoms with Crippen LogP contribution in [0.5, 0.6) is 0 Å². The number of aryl methyl sites for hydroxylation is 1. The molecule has 11 nitrogen and oxygen atoms in total. The number of nitrogens with two attached hydrogens (primary N) is 2. The molecule has 1 heterocycles. The molecule has 2 aromatic carbocycles. The molecule has 0 radical (unpaired) electrons. The van der Waals surface area contributed by atoms with Crippen molar-refractivity contribution < 1.29 is 42.0 Å². The lowest BCUT2D eigenvalue weighted by Crippen LogP contribution is -3.00. The van der Waals surface area contributed by atoms with Gasteiger partial charge in [-0.3, -0.25) is 4.79 Å². The predicted octanol–water partition coefficient (Wildman–Crippen LogP) is 0.515. The maximum absolute atomic E-state index is 11.1. The molecule has 0 aliphatic heterocycles. The third-order valence-corrected chi connectivity index (χ3v) is 8.30. The van der Waals surface area contributed by atoms with E-state index in [4.69, 9.17) is 28.1 Å². The van der Waals surface area contributed by atoms with E-state index in [0.29, 0.717) is 5.69 Å². The highest BCUT2D eigenvalue weighted by atomic mass is 35.5. The van der Waals surface area contributed by atoms with Crippen molar-refractivity contribution in [2.75, 3.05) is 32.3 Å². The van der Waals surface area contributed by atoms with Crippen molar-refractivity contribution in [3.8, 4) is 0 Å². The maximum Gasteiger partial charge on any atom is 0.330 e. The van der Waals surface area contributed by atoms with Crippen LogP contribution >= 0.6 is 11.6 Å². The zero-order chi connectivity index (χ0) is 32.5. The Morgan fingerprint density at radius 3 is 1.91 bits per heavy atom. The van der Waals surface area contributed by atoms with Crippen molar-refractivity contribution in [2.24, 2.45) is 12.8 Å². The van der Waals surface area contributed by atoms with Crippen LogP contribution in [0.3, 0.4) is 0 Å². The summed E-state index contributed by atoms with van der Waals surface area (Å²) in [5, 5.41) is 2.68. The summed E-state index contributed by atoms with van der Waals surface area (Å²) in [4.78, 5) is 37.1. The number of hydrogen-bond acceptors (Lipinski definition) is 9. The van der Waals surface area contributed by atoms with Crippen LogP contribution in [0, 0.1) is 0 Å². The Kier molecular flexibility index (Phi) is 13.6. The number of fused-ring (bicyclic) bond motifs is 1. The van der Waals surface area contributed by atoms with Gasteiger partial charge in [0.25, 0.3) is 5.24 Å². The van der Waals surface area contributed by atoms with Gasteiger partial charge in [-0.15, -0.1) is 0 Å². The summed E-state index contributed by atoms with van der Waals surface area (Å²) in [6.45, 7) is 0. The third kappa shape index (κ3) is 9.54. The first-order valence-electron chi connectivity index (χ1n) is 14.3. The maximum atomic E-state index is 11.1. The van der Waals surface area contributed by atoms with Crippen molar-refractivity contribution >= 4 is 63.3 Å². The summed E-state index contributed by atoms with van der Waals surface area (Å²) in [5.41, 5.74) is 20.4. The number of rotatable bonds is 7. The molecule has 0 unspecified atom stereocenters. The summed E-state index contributed by atoms with van der Waals surface area (Å²) in [7, 11) is 6.50. The number of anilines is 2. The minimum Gasteiger partial charge on any atom is -1.00 e. The Morgan fingerprint density at radius 1 is 0.978 bits per heavy atom. The van der Waals surface area contributed by atoms with Gasteiger partial charge in [0.1, 0.15) is 5.82 Å². The number of nitrogen functional groups attached to an aromatic ring is 1. The molecule has 244 valence electrons. The summed E-state index contributed by atoms with van der Waals surface area (Å²) in [6, 6.07) is 11.4. The lowest BCUT2D eigenvalue weighted by Gasteiger charge is -2.37. The number of halogens is 2. The second kappa shape index (κ2) is 16.4. The number of nitrogens with zero attached hydrogens (tertiary/aromatic N) is 2. The van der Waals surface area contributed by atoms with Gasteiger partial charge in [-0.1, -0.05) is 12.1 Å². The van der Waals surface area contributed by atoms with Crippen LogP contribution in [-0.4, -0.2) is 53.5 Å². The number of ether oxygens (including phenoxy) is 2. The lowest BCUT2D eigenvalue weighted by molar-refractivity contribution is -0.475. The van der Waals surface area contributed by atoms with E-state index >= 15 is 0 Å². The predicted molar refractivity (Wildman–Crippen MR) is 173 cm³/mol. The van der Waals surface area contributed by atoms with Gasteiger partial charge in [-0.05, 0) is 84.8 Å². The Bertz CT molecular complexity index is 1560. The van der Waals surface area contributed by atoms with E-state index in [-0.39, 0.29) is 35.1 Å². The van der Waals surface area contributed by atoms with Crippen LogP contribution in [0.4, 0.5) is 11.4 Å². The molecule has 13 heteroatoms. The largest absolute Gasteiger partial charge is 1.00 e. The fourth-order valence-electron chi connectivity index (χ4n) is 4.72. The topological polar surface area (TPSA) is 179 Å². The van der Waals surface area contributed by atoms with Crippen LogP contribution in [-0.2, 0) is 36.4 Å². The van der Waals surface area contributed by atoms with Crippen LogP contribution in [0.2, 0.25) is 0 Å². The molecule has 0 saturated heterocycles. The molecule has 2 saturated carbocycles. The molecule has 2 fully saturated rings. The van der Waals surface area contributed by atoms with Gasteiger partial charge in [0, 0.05) is 39.1 Å². The van der Waals surface area contributed by atoms with Crippen molar-refractivity contribution in [3.05, 3.63) is 65.5 Å². The van der Waals surface area contributed by atoms with Gasteiger partial charge in [-0.2, -0.15) is 0 Å². The van der Waals surface area contributed by atoms with Gasteiger partial charge in [-0.25, -0.2) is 14.6 Å². The lowest BCUT2D eigenvalue weighted by atomic mass is 9.77. The Labute approximate surface area is 274 Å². The molecule has 2 aliphatic carbocycles. The minimum atomic E-state index is -0.401. The summed E-state index contributed by atoms with van der Waals surface area (Å²) in [6.07, 6.45) is 12.1. The normalized spacial score (nSPS) is 15.7. The van der Waals surface area contributed by atoms with Crippen LogP contribution in [0.15, 0.2) is 48.6 Å². The fraction of sp³-hybridized carbons (Fsp3) is 0.375. The van der Waals surface area contributed by atoms with E-state index in [1.165, 1.54) is 26.4 Å². The Balaban J connectivity index is 0.000000257. The molecule has 8 N–H and O–H groups in total. The van der Waals surface area contributed by atoms with Crippen molar-refractivity contribution in [2.45, 2.75) is 49.6 Å². The molecule has 5 rings (SSSR count). The van der Waals surface area contributed by atoms with Crippen LogP contribution in [0.25, 0.3) is 23.2 Å². The number of esters is 2. The molecule has 1 aromatic heterocycles. The van der Waals surface area contributed by atoms with Crippen LogP contribution in [0.1, 0.15) is 55.5 Å². The van der Waals surface area contributed by atoms with E-state index in [9.17, 15) is 14.4 Å². The highest BCUT2D eigenvalue weighted by Gasteiger charge is 2.43. The van der Waals surface area contributed by atoms with E-state index in [0.717, 1.165) is 72.2 Å². The minimum absolute atomic E-state index is 0. The van der Waals surface area contributed by atoms with E-state index in [1.54, 1.807) is 25.3 Å². The molecule has 0 bridgehead atoms. The third-order valence-electron chi connectivity index (χ3n) is 7.89. The van der Waals surface area contributed by atoms with Crippen molar-refractivity contribution in [1.29, 1.82) is 0 Å². The number of nitrogens with one attached hydrogen (secondary N) is 1. The van der Waals surface area contributed by atoms with Crippen molar-refractivity contribution in [3.63, 3.8) is 0 Å². The summed E-state index contributed by atoms with van der Waals surface area (Å²) >= 11 is 5.22. The van der Waals surface area contributed by atoms with E-state index in [2.05, 4.69) is 25.1 Å². The average Bonchev–Trinajstić information content (AvgIpc) is 3.32. The highest BCUT2D eigenvalue weighted by Crippen LogP contribution is 2.39. The van der Waals surface area contributed by atoms with Gasteiger partial charge in [0.2, 0.25) is 0 Å². The second-order valence-electron chi connectivity index (χ2n) is 11.0. The van der Waals surface area contributed by atoms with Crippen molar-refractivity contribution in [1.82, 2.24) is 9.55 Å². The number of quaternary nitrogens is 1. The summed E-state index contributed by atoms with van der Waals surface area (Å²) < 4.78 is 11.1. The van der Waals surface area contributed by atoms with E-state index in [1.807, 2.05) is 37.4 Å². The Hall–Kier alpha value is -3.90. The molecular weight excluding hydrogens is 619 g/mol. The monoisotopic (exact) mass is 660 g/mol. The van der Waals surface area contributed by atoms with Gasteiger partial charge < -0.3 is 49.0 Å². The first-order chi connectivity index (χ1) is 20.9. The zero-order valence-electron chi connectivity index (χ0n) is 26.1. The second-order valence-corrected chi connectivity index (χ2v) is 11.3. The van der Waals surface area contributed by atoms with Gasteiger partial charge in [0.15, 0.2) is 5.54 Å². The number of hydrogen-bond donors (Lipinski definition) is 4. The number of carbonyl (C=O) groups excluding carboxylic acids is 3. The number of aromatic nitrogens is 2. The first-order valence-corrected chi connectivity index (χ1v) is 14.6. The van der Waals surface area contributed by atoms with Gasteiger partial charge in [0.05, 0.1) is 42.2 Å². The molecule has 0 spiro atoms. The smallest absolute Gasteiger partial charge is 0.330 e. The standard InChI is InChI=1S/C16H19N3O2.C11H14N2O2.C5H8ClNO.ClH/c1-19-13-6-4-11(5-7-14(20)21-2)10-12(13)18-15(19)16(17)8-3-9-16;1-13-10-5-3-8(7-9(10)12)4-6-11(14)15-2;6-4(8)5(7)2-1-3-5;/h4-7,10H,3,8-9,17H2,1-2H3;3-7,13H,12H2,1-2H3;1-3,7H2;1H/b7-5+;6-4+;;. The Morgan fingerprint density at radius 2 is 1.51 bits per heavy atom. The SMILES string of the molecule is CNc1ccc(/C=C/C(=O)OC)cc1N.COC(=O)/C=C/c1ccc2c(c1)nc(C1(N)CCC1)n2C.[Cl-].[NH3+]C1(C(=O)Cl)CCC1. The number of benzene rings is 2.